The van der Waals surface area contributed by atoms with Crippen molar-refractivity contribution in [3.8, 4) is 5.69 Å². The highest BCUT2D eigenvalue weighted by Gasteiger charge is 2.24. The van der Waals surface area contributed by atoms with Crippen molar-refractivity contribution >= 4 is 17.5 Å². The monoisotopic (exact) mass is 376 g/mol. The quantitative estimate of drug-likeness (QED) is 0.672. The van der Waals surface area contributed by atoms with Gasteiger partial charge in [-0.3, -0.25) is 9.59 Å². The third-order valence-corrected chi connectivity index (χ3v) is 4.63. The van der Waals surface area contributed by atoms with E-state index in [1.807, 2.05) is 75.4 Å². The molecule has 0 aliphatic heterocycles. The number of amides is 2. The molecule has 0 bridgehead atoms. The molecule has 1 heterocycles. The highest BCUT2D eigenvalue weighted by atomic mass is 16.2. The summed E-state index contributed by atoms with van der Waals surface area (Å²) in [4.78, 5) is 24.5. The second-order valence-electron chi connectivity index (χ2n) is 7.34. The molecule has 3 aromatic rings. The van der Waals surface area contributed by atoms with Gasteiger partial charge in [0.2, 0.25) is 0 Å². The lowest BCUT2D eigenvalue weighted by atomic mass is 9.82. The van der Waals surface area contributed by atoms with Crippen LogP contribution < -0.4 is 10.6 Å². The Morgan fingerprint density at radius 2 is 1.68 bits per heavy atom. The number of carbonyl (C=O) groups excluding carboxylic acids is 2. The number of nitrogens with zero attached hydrogens (tertiary/aromatic N) is 2. The summed E-state index contributed by atoms with van der Waals surface area (Å²) in [5, 5.41) is 9.52. The topological polar surface area (TPSA) is 76.0 Å². The van der Waals surface area contributed by atoms with Crippen molar-refractivity contribution in [3.05, 3.63) is 78.1 Å². The molecule has 2 amide bonds. The first-order chi connectivity index (χ1) is 13.4. The first kappa shape index (κ1) is 19.4. The van der Waals surface area contributed by atoms with Crippen LogP contribution in [0.2, 0.25) is 0 Å². The second kappa shape index (κ2) is 8.08. The van der Waals surface area contributed by atoms with E-state index in [2.05, 4.69) is 15.7 Å². The summed E-state index contributed by atoms with van der Waals surface area (Å²) in [6, 6.07) is 17.6. The van der Waals surface area contributed by atoms with Crippen LogP contribution in [0.25, 0.3) is 5.69 Å². The highest BCUT2D eigenvalue weighted by molar-refractivity contribution is 6.39. The molecule has 144 valence electrons. The predicted octanol–water partition coefficient (Wildman–Crippen LogP) is 3.21. The van der Waals surface area contributed by atoms with E-state index in [1.54, 1.807) is 10.9 Å². The molecule has 0 spiro atoms. The van der Waals surface area contributed by atoms with Gasteiger partial charge in [0, 0.05) is 12.0 Å². The number of nitrogens with one attached hydrogen (secondary N) is 2. The number of benzene rings is 2. The van der Waals surface area contributed by atoms with Crippen LogP contribution in [0.4, 0.5) is 5.69 Å². The molecule has 0 saturated carbocycles. The van der Waals surface area contributed by atoms with Crippen molar-refractivity contribution in [1.82, 2.24) is 15.1 Å². The zero-order valence-corrected chi connectivity index (χ0v) is 16.3. The first-order valence-corrected chi connectivity index (χ1v) is 9.12. The minimum absolute atomic E-state index is 0.292. The average molecular weight is 376 g/mol. The zero-order chi connectivity index (χ0) is 20.1. The number of aromatic nitrogens is 2. The zero-order valence-electron chi connectivity index (χ0n) is 16.3. The summed E-state index contributed by atoms with van der Waals surface area (Å²) in [5.41, 5.74) is 3.33. The number of hydrogen-bond acceptors (Lipinski definition) is 3. The largest absolute Gasteiger partial charge is 0.347 e. The maximum atomic E-state index is 12.2. The Balaban J connectivity index is 1.59. The maximum Gasteiger partial charge on any atom is 0.313 e. The number of para-hydroxylation sites is 1. The highest BCUT2D eigenvalue weighted by Crippen LogP contribution is 2.25. The molecule has 6 nitrogen and oxygen atoms in total. The van der Waals surface area contributed by atoms with Crippen molar-refractivity contribution in [1.29, 1.82) is 0 Å². The number of carbonyl (C=O) groups is 2. The Morgan fingerprint density at radius 1 is 1.00 bits per heavy atom. The lowest BCUT2D eigenvalue weighted by molar-refractivity contribution is -0.136. The molecule has 28 heavy (non-hydrogen) atoms. The Morgan fingerprint density at radius 3 is 2.39 bits per heavy atom. The van der Waals surface area contributed by atoms with Gasteiger partial charge in [-0.1, -0.05) is 56.3 Å². The van der Waals surface area contributed by atoms with Gasteiger partial charge in [0.05, 0.1) is 23.8 Å². The summed E-state index contributed by atoms with van der Waals surface area (Å²) in [6.07, 6.45) is 3.17. The first-order valence-electron chi connectivity index (χ1n) is 9.12. The smallest absolute Gasteiger partial charge is 0.313 e. The average Bonchev–Trinajstić information content (AvgIpc) is 3.15. The molecule has 0 aliphatic carbocycles. The van der Waals surface area contributed by atoms with Crippen molar-refractivity contribution in [3.63, 3.8) is 0 Å². The van der Waals surface area contributed by atoms with Gasteiger partial charge in [-0.2, -0.15) is 5.10 Å². The minimum atomic E-state index is -0.715. The van der Waals surface area contributed by atoms with Crippen LogP contribution in [0.3, 0.4) is 0 Å². The molecule has 2 N–H and O–H groups in total. The van der Waals surface area contributed by atoms with Gasteiger partial charge in [0.25, 0.3) is 0 Å². The fourth-order valence-electron chi connectivity index (χ4n) is 3.11. The lowest BCUT2D eigenvalue weighted by Gasteiger charge is -2.27. The van der Waals surface area contributed by atoms with Crippen molar-refractivity contribution in [2.24, 2.45) is 0 Å². The SMILES string of the molecule is Cc1ccccc1C(C)(C)CNC(=O)C(=O)Nc1cnn(-c2ccccc2)c1. The van der Waals surface area contributed by atoms with Crippen LogP contribution in [0.5, 0.6) is 0 Å². The third-order valence-electron chi connectivity index (χ3n) is 4.63. The lowest BCUT2D eigenvalue weighted by Crippen LogP contribution is -2.42. The van der Waals surface area contributed by atoms with E-state index < -0.39 is 11.8 Å². The fourth-order valence-corrected chi connectivity index (χ4v) is 3.11. The van der Waals surface area contributed by atoms with Crippen LogP contribution in [-0.4, -0.2) is 28.1 Å². The fraction of sp³-hybridized carbons (Fsp3) is 0.227. The molecule has 0 fully saturated rings. The predicted molar refractivity (Wildman–Crippen MR) is 109 cm³/mol. The minimum Gasteiger partial charge on any atom is -0.347 e. The molecule has 0 atom stereocenters. The molecule has 1 aromatic heterocycles. The van der Waals surface area contributed by atoms with Gasteiger partial charge >= 0.3 is 11.8 Å². The summed E-state index contributed by atoms with van der Waals surface area (Å²) in [6.45, 7) is 6.47. The molecular weight excluding hydrogens is 352 g/mol. The Bertz CT molecular complexity index is 977. The Kier molecular flexibility index (Phi) is 5.59. The molecule has 3 rings (SSSR count). The van der Waals surface area contributed by atoms with Crippen molar-refractivity contribution in [2.75, 3.05) is 11.9 Å². The summed E-state index contributed by atoms with van der Waals surface area (Å²) < 4.78 is 1.63. The van der Waals surface area contributed by atoms with Gasteiger partial charge in [0.1, 0.15) is 0 Å². The second-order valence-corrected chi connectivity index (χ2v) is 7.34. The normalized spacial score (nSPS) is 11.1. The molecule has 0 aliphatic rings. The van der Waals surface area contributed by atoms with Crippen molar-refractivity contribution in [2.45, 2.75) is 26.2 Å². The maximum absolute atomic E-state index is 12.2. The Labute approximate surface area is 164 Å². The summed E-state index contributed by atoms with van der Waals surface area (Å²) >= 11 is 0. The Hall–Kier alpha value is -3.41. The van der Waals surface area contributed by atoms with Gasteiger partial charge in [0.15, 0.2) is 0 Å². The van der Waals surface area contributed by atoms with Crippen LogP contribution in [0, 0.1) is 6.92 Å². The third kappa shape index (κ3) is 4.46. The standard InChI is InChI=1S/C22H24N4O2/c1-16-9-7-8-12-19(16)22(2,3)15-23-20(27)21(28)25-17-13-24-26(14-17)18-10-5-4-6-11-18/h4-14H,15H2,1-3H3,(H,23,27)(H,25,28). The molecule has 0 radical (unpaired) electrons. The van der Waals surface area contributed by atoms with E-state index in [-0.39, 0.29) is 5.41 Å². The van der Waals surface area contributed by atoms with Gasteiger partial charge in [-0.05, 0) is 30.2 Å². The van der Waals surface area contributed by atoms with E-state index in [0.29, 0.717) is 12.2 Å². The molecule has 0 unspecified atom stereocenters. The van der Waals surface area contributed by atoms with Gasteiger partial charge < -0.3 is 10.6 Å². The molecule has 0 saturated heterocycles. The molecule has 6 heteroatoms. The van der Waals surface area contributed by atoms with E-state index >= 15 is 0 Å². The number of rotatable bonds is 5. The number of aryl methyl sites for hydroxylation is 1. The summed E-state index contributed by atoms with van der Waals surface area (Å²) in [5.74, 6) is -1.39. The van der Waals surface area contributed by atoms with E-state index in [1.165, 1.54) is 6.20 Å². The molecule has 2 aromatic carbocycles. The number of anilines is 1. The summed E-state index contributed by atoms with van der Waals surface area (Å²) in [7, 11) is 0. The van der Waals surface area contributed by atoms with E-state index in [0.717, 1.165) is 16.8 Å². The van der Waals surface area contributed by atoms with Gasteiger partial charge in [-0.25, -0.2) is 4.68 Å². The number of hydrogen-bond donors (Lipinski definition) is 2. The van der Waals surface area contributed by atoms with Crippen LogP contribution in [0.15, 0.2) is 67.0 Å². The van der Waals surface area contributed by atoms with E-state index in [4.69, 9.17) is 0 Å². The van der Waals surface area contributed by atoms with Crippen LogP contribution in [-0.2, 0) is 15.0 Å². The van der Waals surface area contributed by atoms with Crippen LogP contribution in [0.1, 0.15) is 25.0 Å². The van der Waals surface area contributed by atoms with E-state index in [9.17, 15) is 9.59 Å². The molecular formula is C22H24N4O2. The van der Waals surface area contributed by atoms with Crippen LogP contribution >= 0.6 is 0 Å². The van der Waals surface area contributed by atoms with Crippen molar-refractivity contribution < 1.29 is 9.59 Å². The van der Waals surface area contributed by atoms with Gasteiger partial charge in [-0.15, -0.1) is 0 Å².